The van der Waals surface area contributed by atoms with Crippen molar-refractivity contribution >= 4 is 62.5 Å². The van der Waals surface area contributed by atoms with Gasteiger partial charge >= 0.3 is 5.97 Å². The summed E-state index contributed by atoms with van der Waals surface area (Å²) in [6, 6.07) is 11.4. The van der Waals surface area contributed by atoms with Crippen LogP contribution in [0, 0.1) is 11.3 Å². The van der Waals surface area contributed by atoms with Gasteiger partial charge in [0.15, 0.2) is 11.4 Å². The second-order valence-corrected chi connectivity index (χ2v) is 10.3. The van der Waals surface area contributed by atoms with E-state index in [0.717, 1.165) is 11.3 Å². The van der Waals surface area contributed by atoms with Gasteiger partial charge in [-0.05, 0) is 59.6 Å². The molecule has 0 N–H and O–H groups in total. The number of allylic oxidation sites excluding steroid dienone is 1. The number of thiazole rings is 1. The molecule has 0 bridgehead atoms. The first-order valence-corrected chi connectivity index (χ1v) is 13.1. The molecular formula is C25H18BrCl2N3O4S. The highest BCUT2D eigenvalue weighted by Crippen LogP contribution is 2.35. The summed E-state index contributed by atoms with van der Waals surface area (Å²) < 4.78 is 13.2. The van der Waals surface area contributed by atoms with Crippen LogP contribution in [-0.2, 0) is 9.53 Å². The lowest BCUT2D eigenvalue weighted by molar-refractivity contribution is -0.139. The Morgan fingerprint density at radius 1 is 1.33 bits per heavy atom. The fourth-order valence-corrected chi connectivity index (χ4v) is 6.09. The van der Waals surface area contributed by atoms with Crippen LogP contribution in [0.3, 0.4) is 0 Å². The second-order valence-electron chi connectivity index (χ2n) is 7.58. The first-order valence-electron chi connectivity index (χ1n) is 10.7. The van der Waals surface area contributed by atoms with Gasteiger partial charge < -0.3 is 9.47 Å². The molecule has 0 saturated carbocycles. The summed E-state index contributed by atoms with van der Waals surface area (Å²) >= 11 is 17.3. The molecule has 4 rings (SSSR count). The minimum absolute atomic E-state index is 0.171. The Hall–Kier alpha value is -2.90. The lowest BCUT2D eigenvalue weighted by Crippen LogP contribution is -2.40. The largest absolute Gasteiger partial charge is 0.477 e. The van der Waals surface area contributed by atoms with E-state index in [2.05, 4.69) is 20.9 Å². The Morgan fingerprint density at radius 2 is 2.08 bits per heavy atom. The third-order valence-electron chi connectivity index (χ3n) is 5.32. The molecule has 7 nitrogen and oxygen atoms in total. The summed E-state index contributed by atoms with van der Waals surface area (Å²) in [6.07, 6.45) is 1.63. The van der Waals surface area contributed by atoms with E-state index in [9.17, 15) is 9.59 Å². The fraction of sp³-hybridized carbons (Fsp3) is 0.200. The Morgan fingerprint density at radius 3 is 2.78 bits per heavy atom. The average molecular weight is 607 g/mol. The highest BCUT2D eigenvalue weighted by Gasteiger charge is 2.34. The maximum atomic E-state index is 13.8. The number of rotatable bonds is 6. The molecule has 1 aromatic heterocycles. The van der Waals surface area contributed by atoms with Crippen LogP contribution in [0.4, 0.5) is 0 Å². The minimum atomic E-state index is -0.823. The first-order chi connectivity index (χ1) is 17.3. The number of hydrogen-bond donors (Lipinski definition) is 0. The first kappa shape index (κ1) is 26.2. The van der Waals surface area contributed by atoms with Crippen LogP contribution in [0.2, 0.25) is 10.0 Å². The number of carbonyl (C=O) groups excluding carboxylic acids is 1. The molecule has 36 heavy (non-hydrogen) atoms. The van der Waals surface area contributed by atoms with Gasteiger partial charge in [-0.3, -0.25) is 9.36 Å². The highest BCUT2D eigenvalue weighted by atomic mass is 79.9. The zero-order chi connectivity index (χ0) is 26.0. The predicted octanol–water partition coefficient (Wildman–Crippen LogP) is 4.77. The molecule has 0 amide bonds. The average Bonchev–Trinajstić information content (AvgIpc) is 3.12. The van der Waals surface area contributed by atoms with Crippen molar-refractivity contribution in [2.24, 2.45) is 4.99 Å². The van der Waals surface area contributed by atoms with E-state index in [-0.39, 0.29) is 24.3 Å². The van der Waals surface area contributed by atoms with E-state index in [1.807, 2.05) is 6.07 Å². The van der Waals surface area contributed by atoms with Gasteiger partial charge in [-0.1, -0.05) is 52.7 Å². The summed E-state index contributed by atoms with van der Waals surface area (Å²) in [4.78, 5) is 31.7. The van der Waals surface area contributed by atoms with Gasteiger partial charge in [0.25, 0.3) is 5.56 Å². The number of esters is 1. The number of halogens is 3. The summed E-state index contributed by atoms with van der Waals surface area (Å²) in [5.74, 6) is -0.193. The third-order valence-corrected chi connectivity index (χ3v) is 7.46. The predicted molar refractivity (Wildman–Crippen MR) is 142 cm³/mol. The van der Waals surface area contributed by atoms with E-state index < -0.39 is 12.0 Å². The van der Waals surface area contributed by atoms with E-state index in [1.54, 1.807) is 56.3 Å². The Balaban J connectivity index is 1.99. The van der Waals surface area contributed by atoms with Crippen LogP contribution in [0.15, 0.2) is 61.9 Å². The lowest BCUT2D eigenvalue weighted by Gasteiger charge is -2.25. The number of nitrogens with zero attached hydrogens (tertiary/aromatic N) is 3. The molecule has 0 aliphatic carbocycles. The maximum Gasteiger partial charge on any atom is 0.338 e. The van der Waals surface area contributed by atoms with Crippen molar-refractivity contribution in [3.8, 4) is 11.8 Å². The highest BCUT2D eigenvalue weighted by molar-refractivity contribution is 9.10. The van der Waals surface area contributed by atoms with Crippen molar-refractivity contribution in [3.05, 3.63) is 93.0 Å². The van der Waals surface area contributed by atoms with Crippen LogP contribution in [0.1, 0.15) is 31.0 Å². The number of ether oxygens (including phenoxy) is 2. The molecule has 0 fully saturated rings. The zero-order valence-electron chi connectivity index (χ0n) is 19.0. The molecule has 0 saturated heterocycles. The standard InChI is InChI=1S/C25H18BrCl2N3O4S/c1-3-34-24(33)20-13(2)30-25-31(21(20)16-6-4-5-7-18(16)28)23(32)19(36-25)11-14-10-15(27)12-17(26)22(14)35-9-8-29/h4-7,10-12,21H,3,9H2,1-2H3/b19-11-/t21-/m1/s1. The number of fused-ring (bicyclic) bond motifs is 1. The van der Waals surface area contributed by atoms with E-state index in [0.29, 0.717) is 46.4 Å². The van der Waals surface area contributed by atoms with Crippen molar-refractivity contribution < 1.29 is 14.3 Å². The van der Waals surface area contributed by atoms with Gasteiger partial charge in [-0.2, -0.15) is 5.26 Å². The minimum Gasteiger partial charge on any atom is -0.477 e. The molecule has 0 radical (unpaired) electrons. The molecule has 1 aliphatic heterocycles. The van der Waals surface area contributed by atoms with Gasteiger partial charge in [0.05, 0.1) is 26.9 Å². The van der Waals surface area contributed by atoms with Gasteiger partial charge in [-0.15, -0.1) is 0 Å². The van der Waals surface area contributed by atoms with Crippen molar-refractivity contribution in [2.45, 2.75) is 19.9 Å². The van der Waals surface area contributed by atoms with Gasteiger partial charge in [0.1, 0.15) is 17.9 Å². The molecular weight excluding hydrogens is 589 g/mol. The number of benzene rings is 2. The normalized spacial score (nSPS) is 15.2. The Bertz CT molecular complexity index is 1620. The van der Waals surface area contributed by atoms with E-state index >= 15 is 0 Å². The molecule has 184 valence electrons. The third kappa shape index (κ3) is 5.00. The van der Waals surface area contributed by atoms with Crippen LogP contribution in [0.25, 0.3) is 6.08 Å². The summed E-state index contributed by atoms with van der Waals surface area (Å²) in [5, 5.41) is 9.78. The number of nitriles is 1. The second kappa shape index (κ2) is 11.0. The smallest absolute Gasteiger partial charge is 0.338 e. The summed E-state index contributed by atoms with van der Waals surface area (Å²) in [6.45, 7) is 3.40. The number of aromatic nitrogens is 1. The fourth-order valence-electron chi connectivity index (χ4n) is 3.87. The quantitative estimate of drug-likeness (QED) is 0.377. The van der Waals surface area contributed by atoms with Crippen LogP contribution in [-0.4, -0.2) is 23.8 Å². The summed E-state index contributed by atoms with van der Waals surface area (Å²) in [7, 11) is 0. The number of carbonyl (C=O) groups is 1. The van der Waals surface area contributed by atoms with Crippen molar-refractivity contribution in [1.29, 1.82) is 5.26 Å². The molecule has 2 aromatic carbocycles. The zero-order valence-corrected chi connectivity index (χ0v) is 23.0. The molecule has 3 aromatic rings. The molecule has 2 heterocycles. The molecule has 0 unspecified atom stereocenters. The van der Waals surface area contributed by atoms with Crippen LogP contribution in [0.5, 0.6) is 5.75 Å². The van der Waals surface area contributed by atoms with E-state index in [4.69, 9.17) is 37.9 Å². The van der Waals surface area contributed by atoms with Crippen LogP contribution < -0.4 is 19.6 Å². The molecule has 11 heteroatoms. The van der Waals surface area contributed by atoms with Crippen molar-refractivity contribution in [1.82, 2.24) is 4.57 Å². The van der Waals surface area contributed by atoms with E-state index in [1.165, 1.54) is 4.57 Å². The van der Waals surface area contributed by atoms with Crippen LogP contribution >= 0.6 is 50.5 Å². The van der Waals surface area contributed by atoms with Crippen molar-refractivity contribution in [3.63, 3.8) is 0 Å². The summed E-state index contributed by atoms with van der Waals surface area (Å²) in [5.41, 5.74) is 1.39. The Labute approximate surface area is 228 Å². The molecule has 1 aliphatic rings. The molecule has 0 spiro atoms. The lowest BCUT2D eigenvalue weighted by atomic mass is 9.96. The monoisotopic (exact) mass is 605 g/mol. The number of hydrogen-bond acceptors (Lipinski definition) is 7. The van der Waals surface area contributed by atoms with Gasteiger partial charge in [0.2, 0.25) is 0 Å². The Kier molecular flexibility index (Phi) is 8.00. The SMILES string of the molecule is CCOC(=O)C1=C(C)N=c2s/c(=C\c3cc(Cl)cc(Br)c3OCC#N)c(=O)n2[C@@H]1c1ccccc1Cl. The topological polar surface area (TPSA) is 93.7 Å². The van der Waals surface area contributed by atoms with Crippen molar-refractivity contribution in [2.75, 3.05) is 13.2 Å². The van der Waals surface area contributed by atoms with Gasteiger partial charge in [0, 0.05) is 15.6 Å². The van der Waals surface area contributed by atoms with Gasteiger partial charge in [-0.25, -0.2) is 9.79 Å². The maximum absolute atomic E-state index is 13.8. The molecule has 1 atom stereocenters.